The van der Waals surface area contributed by atoms with Crippen LogP contribution in [0.25, 0.3) is 0 Å². The van der Waals surface area contributed by atoms with E-state index in [4.69, 9.17) is 21.4 Å². The average Bonchev–Trinajstić information content (AvgIpc) is 3.23. The number of hydrogen-bond donors (Lipinski definition) is 2. The van der Waals surface area contributed by atoms with Gasteiger partial charge in [0.1, 0.15) is 16.2 Å². The molecule has 0 amide bonds. The molecule has 0 radical (unpaired) electrons. The number of nitrogens with one attached hydrogen (secondary N) is 1. The predicted octanol–water partition coefficient (Wildman–Crippen LogP) is 2.37. The number of methoxy groups -OCH3 is 1. The third-order valence-electron chi connectivity index (χ3n) is 3.90. The summed E-state index contributed by atoms with van der Waals surface area (Å²) < 4.78 is 32.1. The van der Waals surface area contributed by atoms with Crippen LogP contribution in [0, 0.1) is 11.8 Å². The van der Waals surface area contributed by atoms with Gasteiger partial charge in [-0.25, -0.2) is 17.9 Å². The van der Waals surface area contributed by atoms with Crippen molar-refractivity contribution in [3.63, 3.8) is 0 Å². The molecule has 1 fully saturated rings. The second-order valence-corrected chi connectivity index (χ2v) is 7.45. The topological polar surface area (TPSA) is 92.7 Å². The van der Waals surface area contributed by atoms with Crippen molar-refractivity contribution in [1.29, 1.82) is 0 Å². The number of halogens is 1. The largest absolute Gasteiger partial charge is 0.496 e. The Bertz CT molecular complexity index is 689. The Kier molecular flexibility index (Phi) is 4.99. The van der Waals surface area contributed by atoms with Crippen molar-refractivity contribution < 1.29 is 23.1 Å². The molecule has 0 saturated heterocycles. The molecule has 1 aliphatic rings. The lowest BCUT2D eigenvalue weighted by atomic mass is 10.2. The van der Waals surface area contributed by atoms with E-state index in [1.54, 1.807) is 0 Å². The molecule has 1 aromatic rings. The maximum atomic E-state index is 12.3. The van der Waals surface area contributed by atoms with Gasteiger partial charge in [-0.1, -0.05) is 24.9 Å². The molecule has 0 bridgehead atoms. The fourth-order valence-electron chi connectivity index (χ4n) is 2.43. The van der Waals surface area contributed by atoms with Crippen LogP contribution in [-0.2, 0) is 10.0 Å². The van der Waals surface area contributed by atoms with Gasteiger partial charge >= 0.3 is 5.97 Å². The Balaban J connectivity index is 2.25. The summed E-state index contributed by atoms with van der Waals surface area (Å²) in [6, 6.07) is 2.22. The van der Waals surface area contributed by atoms with E-state index in [0.29, 0.717) is 18.4 Å². The fourth-order valence-corrected chi connectivity index (χ4v) is 4.07. The van der Waals surface area contributed by atoms with Crippen LogP contribution in [0.15, 0.2) is 17.0 Å². The highest BCUT2D eigenvalue weighted by molar-refractivity contribution is 7.89. The van der Waals surface area contributed by atoms with Gasteiger partial charge in [0.15, 0.2) is 0 Å². The highest BCUT2D eigenvalue weighted by Gasteiger charge is 2.36. The van der Waals surface area contributed by atoms with Gasteiger partial charge in [0.2, 0.25) is 10.0 Å². The van der Waals surface area contributed by atoms with E-state index >= 15 is 0 Å². The first-order chi connectivity index (χ1) is 10.3. The molecule has 2 atom stereocenters. The fraction of sp³-hybridized carbons (Fsp3) is 0.500. The molecule has 6 nitrogen and oxygen atoms in total. The van der Waals surface area contributed by atoms with Crippen molar-refractivity contribution in [2.45, 2.75) is 24.7 Å². The summed E-state index contributed by atoms with van der Waals surface area (Å²) in [5.41, 5.74) is -0.181. The molecule has 1 aromatic carbocycles. The highest BCUT2D eigenvalue weighted by Crippen LogP contribution is 2.40. The van der Waals surface area contributed by atoms with Crippen molar-refractivity contribution >= 4 is 27.6 Å². The zero-order chi connectivity index (χ0) is 16.5. The van der Waals surface area contributed by atoms with Gasteiger partial charge in [0.25, 0.3) is 0 Å². The molecule has 2 rings (SSSR count). The van der Waals surface area contributed by atoms with E-state index < -0.39 is 16.0 Å². The molecule has 0 unspecified atom stereocenters. The number of carboxylic acid groups (broad SMARTS) is 1. The van der Waals surface area contributed by atoms with Gasteiger partial charge in [0.05, 0.1) is 12.1 Å². The number of sulfonamides is 1. The minimum Gasteiger partial charge on any atom is -0.496 e. The third-order valence-corrected chi connectivity index (χ3v) is 5.79. The number of carboxylic acids is 1. The third kappa shape index (κ3) is 3.53. The van der Waals surface area contributed by atoms with Crippen molar-refractivity contribution in [2.75, 3.05) is 13.7 Å². The Labute approximate surface area is 134 Å². The maximum Gasteiger partial charge on any atom is 0.339 e. The smallest absolute Gasteiger partial charge is 0.339 e. The first kappa shape index (κ1) is 17.1. The number of rotatable bonds is 7. The summed E-state index contributed by atoms with van der Waals surface area (Å²) in [6.07, 6.45) is 2.06. The van der Waals surface area contributed by atoms with Crippen molar-refractivity contribution in [2.24, 2.45) is 11.8 Å². The van der Waals surface area contributed by atoms with Crippen molar-refractivity contribution in [1.82, 2.24) is 4.72 Å². The van der Waals surface area contributed by atoms with Crippen molar-refractivity contribution in [3.05, 3.63) is 22.7 Å². The Hall–Kier alpha value is -1.31. The quantitative estimate of drug-likeness (QED) is 0.789. The number of aromatic carboxylic acids is 1. The number of ether oxygens (including phenoxy) is 1. The van der Waals surface area contributed by atoms with E-state index in [1.807, 2.05) is 0 Å². The van der Waals surface area contributed by atoms with Crippen LogP contribution in [0.2, 0.25) is 5.02 Å². The summed E-state index contributed by atoms with van der Waals surface area (Å²) in [5.74, 6) is -0.351. The molecule has 0 spiro atoms. The first-order valence-electron chi connectivity index (χ1n) is 6.90. The molecule has 22 heavy (non-hydrogen) atoms. The SMILES string of the molecule is CC[C@@H]1C[C@H]1CNS(=O)(=O)c1cc(OC)c(C(=O)O)cc1Cl. The molecule has 122 valence electrons. The van der Waals surface area contributed by atoms with Gasteiger partial charge in [0, 0.05) is 12.6 Å². The van der Waals surface area contributed by atoms with Gasteiger partial charge < -0.3 is 9.84 Å². The standard InChI is InChI=1S/C14H18ClNO5S/c1-3-8-4-9(8)7-16-22(19,20)13-6-12(21-2)10(14(17)18)5-11(13)15/h5-6,8-9,16H,3-4,7H2,1-2H3,(H,17,18)/t8-,9+/m1/s1. The average molecular weight is 348 g/mol. The second kappa shape index (κ2) is 6.44. The van der Waals surface area contributed by atoms with E-state index in [0.717, 1.165) is 25.0 Å². The van der Waals surface area contributed by atoms with Gasteiger partial charge in [-0.05, 0) is 24.3 Å². The second-order valence-electron chi connectivity index (χ2n) is 5.30. The highest BCUT2D eigenvalue weighted by atomic mass is 35.5. The van der Waals surface area contributed by atoms with E-state index in [-0.39, 0.29) is 21.2 Å². The molecule has 1 saturated carbocycles. The molecule has 2 N–H and O–H groups in total. The van der Waals surface area contributed by atoms with Gasteiger partial charge in [-0.2, -0.15) is 0 Å². The van der Waals surface area contributed by atoms with Gasteiger partial charge in [-0.3, -0.25) is 0 Å². The van der Waals surface area contributed by atoms with Crippen LogP contribution >= 0.6 is 11.6 Å². The molecule has 0 heterocycles. The van der Waals surface area contributed by atoms with E-state index in [9.17, 15) is 13.2 Å². The summed E-state index contributed by atoms with van der Waals surface area (Å²) in [6.45, 7) is 2.44. The maximum absolute atomic E-state index is 12.3. The summed E-state index contributed by atoms with van der Waals surface area (Å²) in [5, 5.41) is 8.91. The Morgan fingerprint density at radius 3 is 2.64 bits per heavy atom. The lowest BCUT2D eigenvalue weighted by Crippen LogP contribution is -2.26. The molecular formula is C14H18ClNO5S. The number of carbonyl (C=O) groups is 1. The normalized spacial score (nSPS) is 20.7. The molecule has 8 heteroatoms. The summed E-state index contributed by atoms with van der Waals surface area (Å²) in [7, 11) is -2.53. The van der Waals surface area contributed by atoms with Crippen LogP contribution in [0.3, 0.4) is 0 Å². The number of hydrogen-bond acceptors (Lipinski definition) is 4. The molecule has 0 aliphatic heterocycles. The minimum absolute atomic E-state index is 0.0462. The van der Waals surface area contributed by atoms with Crippen LogP contribution in [0.1, 0.15) is 30.1 Å². The molecule has 0 aromatic heterocycles. The van der Waals surface area contributed by atoms with E-state index in [1.165, 1.54) is 7.11 Å². The molecule has 1 aliphatic carbocycles. The predicted molar refractivity (Wildman–Crippen MR) is 82.0 cm³/mol. The number of benzene rings is 1. The summed E-state index contributed by atoms with van der Waals surface area (Å²) in [4.78, 5) is 10.9. The van der Waals surface area contributed by atoms with Crippen LogP contribution in [-0.4, -0.2) is 33.1 Å². The monoisotopic (exact) mass is 347 g/mol. The van der Waals surface area contributed by atoms with Crippen LogP contribution in [0.4, 0.5) is 0 Å². The zero-order valence-electron chi connectivity index (χ0n) is 12.3. The lowest BCUT2D eigenvalue weighted by molar-refractivity contribution is 0.0693. The zero-order valence-corrected chi connectivity index (χ0v) is 13.9. The van der Waals surface area contributed by atoms with Crippen molar-refractivity contribution in [3.8, 4) is 5.75 Å². The Morgan fingerprint density at radius 1 is 1.45 bits per heavy atom. The van der Waals surface area contributed by atoms with Crippen LogP contribution in [0.5, 0.6) is 5.75 Å². The first-order valence-corrected chi connectivity index (χ1v) is 8.76. The molecular weight excluding hydrogens is 330 g/mol. The summed E-state index contributed by atoms with van der Waals surface area (Å²) >= 11 is 5.94. The van der Waals surface area contributed by atoms with Gasteiger partial charge in [-0.15, -0.1) is 0 Å². The minimum atomic E-state index is -3.81. The Morgan fingerprint density at radius 2 is 2.14 bits per heavy atom. The van der Waals surface area contributed by atoms with Crippen LogP contribution < -0.4 is 9.46 Å². The van der Waals surface area contributed by atoms with E-state index in [2.05, 4.69) is 11.6 Å². The lowest BCUT2D eigenvalue weighted by Gasteiger charge is -2.12.